The van der Waals surface area contributed by atoms with Gasteiger partial charge >= 0.3 is 0 Å². The molecule has 0 radical (unpaired) electrons. The normalized spacial score (nSPS) is 25.9. The first-order valence-electron chi connectivity index (χ1n) is 7.51. The lowest BCUT2D eigenvalue weighted by Gasteiger charge is -2.23. The molecule has 4 nitrogen and oxygen atoms in total. The molecule has 1 aromatic rings. The number of amides is 1. The molecule has 0 bridgehead atoms. The Morgan fingerprint density at radius 1 is 1.43 bits per heavy atom. The lowest BCUT2D eigenvalue weighted by molar-refractivity contribution is -0.118. The molecule has 0 spiro atoms. The Morgan fingerprint density at radius 3 is 3.05 bits per heavy atom. The van der Waals surface area contributed by atoms with Crippen LogP contribution in [0.15, 0.2) is 18.2 Å². The molecule has 1 heterocycles. The number of rotatable bonds is 4. The Bertz CT molecular complexity index is 535. The maximum Gasteiger partial charge on any atom is 0.262 e. The number of anilines is 1. The summed E-state index contributed by atoms with van der Waals surface area (Å²) in [6.07, 6.45) is 6.00. The Labute approximate surface area is 130 Å². The van der Waals surface area contributed by atoms with Crippen LogP contribution in [0, 0.1) is 0 Å². The number of nitrogens with one attached hydrogen (secondary N) is 2. The quantitative estimate of drug-likeness (QED) is 0.898. The first kappa shape index (κ1) is 14.7. The fourth-order valence-corrected chi connectivity index (χ4v) is 3.92. The van der Waals surface area contributed by atoms with Crippen LogP contribution in [0.3, 0.4) is 0 Å². The van der Waals surface area contributed by atoms with Gasteiger partial charge in [-0.05, 0) is 50.1 Å². The Morgan fingerprint density at radius 2 is 2.29 bits per heavy atom. The molecule has 0 aromatic heterocycles. The van der Waals surface area contributed by atoms with E-state index >= 15 is 0 Å². The van der Waals surface area contributed by atoms with Crippen LogP contribution in [0.1, 0.15) is 37.8 Å². The zero-order chi connectivity index (χ0) is 14.8. The third-order valence-electron chi connectivity index (χ3n) is 4.34. The van der Waals surface area contributed by atoms with Crippen molar-refractivity contribution in [2.45, 2.75) is 43.5 Å². The minimum atomic E-state index is -0.0844. The molecule has 1 aromatic carbocycles. The van der Waals surface area contributed by atoms with Gasteiger partial charge in [0.2, 0.25) is 0 Å². The van der Waals surface area contributed by atoms with Gasteiger partial charge in [0, 0.05) is 17.3 Å². The summed E-state index contributed by atoms with van der Waals surface area (Å²) in [5, 5.41) is 7.38. The van der Waals surface area contributed by atoms with E-state index in [1.807, 2.05) is 23.9 Å². The average Bonchev–Trinajstić information content (AvgIpc) is 2.94. The van der Waals surface area contributed by atoms with Crippen LogP contribution in [0.2, 0.25) is 0 Å². The molecule has 1 fully saturated rings. The zero-order valence-electron chi connectivity index (χ0n) is 12.5. The van der Waals surface area contributed by atoms with Crippen LogP contribution >= 0.6 is 11.8 Å². The number of fused-ring (bicyclic) bond motifs is 1. The van der Waals surface area contributed by atoms with Gasteiger partial charge in [-0.15, -0.1) is 0 Å². The summed E-state index contributed by atoms with van der Waals surface area (Å²) in [4.78, 5) is 11.4. The summed E-state index contributed by atoms with van der Waals surface area (Å²) in [5.41, 5.74) is 1.97. The van der Waals surface area contributed by atoms with Gasteiger partial charge < -0.3 is 15.4 Å². The summed E-state index contributed by atoms with van der Waals surface area (Å²) >= 11 is 1.97. The number of hydrogen-bond donors (Lipinski definition) is 2. The first-order chi connectivity index (χ1) is 10.2. The molecule has 3 rings (SSSR count). The number of hydrogen-bond acceptors (Lipinski definition) is 4. The van der Waals surface area contributed by atoms with E-state index in [0.717, 1.165) is 16.7 Å². The van der Waals surface area contributed by atoms with E-state index in [1.165, 1.54) is 24.8 Å². The summed E-state index contributed by atoms with van der Waals surface area (Å²) in [6.45, 7) is 2.29. The second kappa shape index (κ2) is 6.28. The highest BCUT2D eigenvalue weighted by Crippen LogP contribution is 2.32. The minimum absolute atomic E-state index is 0.0844. The fourth-order valence-electron chi connectivity index (χ4n) is 3.13. The summed E-state index contributed by atoms with van der Waals surface area (Å²) in [6, 6.07) is 6.92. The molecule has 1 aliphatic carbocycles. The van der Waals surface area contributed by atoms with E-state index in [4.69, 9.17) is 4.74 Å². The van der Waals surface area contributed by atoms with Crippen molar-refractivity contribution >= 4 is 23.4 Å². The number of benzene rings is 1. The molecular formula is C16H22N2O2S. The monoisotopic (exact) mass is 306 g/mol. The van der Waals surface area contributed by atoms with Crippen LogP contribution in [0.5, 0.6) is 5.75 Å². The van der Waals surface area contributed by atoms with E-state index in [0.29, 0.717) is 6.04 Å². The van der Waals surface area contributed by atoms with E-state index in [9.17, 15) is 4.79 Å². The average molecular weight is 306 g/mol. The van der Waals surface area contributed by atoms with Gasteiger partial charge in [-0.2, -0.15) is 11.8 Å². The predicted octanol–water partition coefficient (Wildman–Crippen LogP) is 2.95. The highest BCUT2D eigenvalue weighted by molar-refractivity contribution is 7.99. The largest absolute Gasteiger partial charge is 0.482 e. The van der Waals surface area contributed by atoms with Crippen molar-refractivity contribution in [3.05, 3.63) is 23.8 Å². The predicted molar refractivity (Wildman–Crippen MR) is 87.1 cm³/mol. The van der Waals surface area contributed by atoms with E-state index in [1.54, 1.807) is 0 Å². The van der Waals surface area contributed by atoms with Gasteiger partial charge in [0.25, 0.3) is 5.91 Å². The van der Waals surface area contributed by atoms with Gasteiger partial charge in [-0.3, -0.25) is 4.79 Å². The van der Waals surface area contributed by atoms with Gasteiger partial charge in [0.1, 0.15) is 5.75 Å². The standard InChI is InChI=1S/C16H22N2O2S/c1-10(17-12-4-5-13(8-12)21-2)11-3-6-15-14(7-11)18-16(19)9-20-15/h3,6-7,10,12-13,17H,4-5,8-9H2,1-2H3,(H,18,19). The van der Waals surface area contributed by atoms with Crippen molar-refractivity contribution in [3.8, 4) is 5.75 Å². The molecule has 114 valence electrons. The second-order valence-corrected chi connectivity index (χ2v) is 6.99. The van der Waals surface area contributed by atoms with Crippen molar-refractivity contribution in [2.24, 2.45) is 0 Å². The van der Waals surface area contributed by atoms with Crippen molar-refractivity contribution in [2.75, 3.05) is 18.2 Å². The van der Waals surface area contributed by atoms with Crippen LogP contribution in [-0.4, -0.2) is 30.1 Å². The summed E-state index contributed by atoms with van der Waals surface area (Å²) in [5.74, 6) is 0.674. The van der Waals surface area contributed by atoms with E-state index in [2.05, 4.69) is 29.9 Å². The fraction of sp³-hybridized carbons (Fsp3) is 0.562. The van der Waals surface area contributed by atoms with Gasteiger partial charge in [0.05, 0.1) is 5.69 Å². The topological polar surface area (TPSA) is 50.4 Å². The maximum atomic E-state index is 11.4. The van der Waals surface area contributed by atoms with Crippen LogP contribution in [0.25, 0.3) is 0 Å². The lowest BCUT2D eigenvalue weighted by Crippen LogP contribution is -2.30. The Hall–Kier alpha value is -1.20. The van der Waals surface area contributed by atoms with E-state index in [-0.39, 0.29) is 18.6 Å². The Kier molecular flexibility index (Phi) is 4.40. The second-order valence-electron chi connectivity index (χ2n) is 5.85. The number of carbonyl (C=O) groups excluding carboxylic acids is 1. The number of thioether (sulfide) groups is 1. The smallest absolute Gasteiger partial charge is 0.262 e. The first-order valence-corrected chi connectivity index (χ1v) is 8.80. The molecule has 1 saturated carbocycles. The highest BCUT2D eigenvalue weighted by atomic mass is 32.2. The van der Waals surface area contributed by atoms with Crippen molar-refractivity contribution < 1.29 is 9.53 Å². The molecule has 1 aliphatic heterocycles. The molecule has 21 heavy (non-hydrogen) atoms. The number of ether oxygens (including phenoxy) is 1. The minimum Gasteiger partial charge on any atom is -0.482 e. The molecule has 2 N–H and O–H groups in total. The highest BCUT2D eigenvalue weighted by Gasteiger charge is 2.25. The van der Waals surface area contributed by atoms with Crippen LogP contribution in [0.4, 0.5) is 5.69 Å². The van der Waals surface area contributed by atoms with Gasteiger partial charge in [0.15, 0.2) is 6.61 Å². The molecule has 3 atom stereocenters. The van der Waals surface area contributed by atoms with Crippen molar-refractivity contribution in [1.82, 2.24) is 5.32 Å². The van der Waals surface area contributed by atoms with Crippen molar-refractivity contribution in [1.29, 1.82) is 0 Å². The van der Waals surface area contributed by atoms with Gasteiger partial charge in [-0.25, -0.2) is 0 Å². The van der Waals surface area contributed by atoms with Gasteiger partial charge in [-0.1, -0.05) is 6.07 Å². The summed E-state index contributed by atoms with van der Waals surface area (Å²) < 4.78 is 5.40. The van der Waals surface area contributed by atoms with Crippen LogP contribution in [-0.2, 0) is 4.79 Å². The summed E-state index contributed by atoms with van der Waals surface area (Å²) in [7, 11) is 0. The molecular weight excluding hydrogens is 284 g/mol. The zero-order valence-corrected chi connectivity index (χ0v) is 13.3. The lowest BCUT2D eigenvalue weighted by atomic mass is 10.1. The van der Waals surface area contributed by atoms with Crippen LogP contribution < -0.4 is 15.4 Å². The molecule has 3 unspecified atom stereocenters. The maximum absolute atomic E-state index is 11.4. The molecule has 1 amide bonds. The number of carbonyl (C=O) groups is 1. The van der Waals surface area contributed by atoms with Crippen molar-refractivity contribution in [3.63, 3.8) is 0 Å². The molecule has 5 heteroatoms. The molecule has 0 saturated heterocycles. The third-order valence-corrected chi connectivity index (χ3v) is 5.43. The Balaban J connectivity index is 1.66. The molecule has 2 aliphatic rings. The SMILES string of the molecule is CSC1CCC(NC(C)c2ccc3c(c2)NC(=O)CO3)C1. The van der Waals surface area contributed by atoms with E-state index < -0.39 is 0 Å². The third kappa shape index (κ3) is 3.35.